The second-order valence-electron chi connectivity index (χ2n) is 3.02. The Bertz CT molecular complexity index is 544. The van der Waals surface area contributed by atoms with Gasteiger partial charge in [0.15, 0.2) is 0 Å². The summed E-state index contributed by atoms with van der Waals surface area (Å²) in [6, 6.07) is 4.91. The third kappa shape index (κ3) is 3.12. The van der Waals surface area contributed by atoms with Crippen LogP contribution in [0.5, 0.6) is 0 Å². The summed E-state index contributed by atoms with van der Waals surface area (Å²) in [7, 11) is 0. The molecule has 2 rings (SSSR count). The molecule has 1 amide bonds. The first kappa shape index (κ1) is 11.8. The lowest BCUT2D eigenvalue weighted by Gasteiger charge is -2.03. The Balaban J connectivity index is 2.14. The van der Waals surface area contributed by atoms with Crippen molar-refractivity contribution >= 4 is 34.9 Å². The first-order valence-electron chi connectivity index (χ1n) is 4.56. The van der Waals surface area contributed by atoms with E-state index in [0.717, 1.165) is 0 Å². The van der Waals surface area contributed by atoms with E-state index in [1.807, 2.05) is 0 Å². The molecular formula is C10H6Cl2N4O. The van der Waals surface area contributed by atoms with Crippen molar-refractivity contribution in [3.63, 3.8) is 0 Å². The maximum Gasteiger partial charge on any atom is 0.277 e. The molecule has 7 heteroatoms. The minimum atomic E-state index is -0.427. The third-order valence-corrected chi connectivity index (χ3v) is 2.22. The zero-order chi connectivity index (χ0) is 12.3. The Morgan fingerprint density at radius 3 is 2.59 bits per heavy atom. The molecule has 0 atom stereocenters. The van der Waals surface area contributed by atoms with Crippen LogP contribution in [0.4, 0.5) is 5.82 Å². The number of carbonyl (C=O) groups is 1. The topological polar surface area (TPSA) is 67.8 Å². The number of pyridine rings is 1. The van der Waals surface area contributed by atoms with E-state index in [0.29, 0.717) is 11.0 Å². The van der Waals surface area contributed by atoms with Gasteiger partial charge < -0.3 is 5.32 Å². The van der Waals surface area contributed by atoms with E-state index in [4.69, 9.17) is 23.2 Å². The summed E-state index contributed by atoms with van der Waals surface area (Å²) in [5.74, 6) is -0.0804. The summed E-state index contributed by atoms with van der Waals surface area (Å²) >= 11 is 11.2. The maximum atomic E-state index is 11.7. The molecule has 5 nitrogen and oxygen atoms in total. The number of amides is 1. The maximum absolute atomic E-state index is 11.7. The van der Waals surface area contributed by atoms with Crippen molar-refractivity contribution in [3.8, 4) is 0 Å². The molecule has 0 aliphatic rings. The molecule has 1 N–H and O–H groups in total. The van der Waals surface area contributed by atoms with Gasteiger partial charge in [-0.15, -0.1) is 0 Å². The normalized spacial score (nSPS) is 10.0. The van der Waals surface area contributed by atoms with Crippen molar-refractivity contribution < 1.29 is 4.79 Å². The highest BCUT2D eigenvalue weighted by atomic mass is 35.5. The molecule has 86 valence electrons. The van der Waals surface area contributed by atoms with Crippen LogP contribution in [-0.4, -0.2) is 20.9 Å². The van der Waals surface area contributed by atoms with Gasteiger partial charge in [0.05, 0.1) is 12.4 Å². The molecule has 0 saturated heterocycles. The molecule has 0 aliphatic heterocycles. The van der Waals surface area contributed by atoms with Crippen LogP contribution in [0.15, 0.2) is 30.6 Å². The minimum absolute atomic E-state index is 0.149. The second-order valence-corrected chi connectivity index (χ2v) is 3.80. The SMILES string of the molecule is O=C(Nc1cccc(Cl)n1)c1cnc(Cl)cn1. The van der Waals surface area contributed by atoms with Gasteiger partial charge in [0.2, 0.25) is 0 Å². The molecule has 0 fully saturated rings. The summed E-state index contributed by atoms with van der Waals surface area (Å²) < 4.78 is 0. The van der Waals surface area contributed by atoms with Crippen LogP contribution in [0.1, 0.15) is 10.5 Å². The number of carbonyl (C=O) groups excluding carboxylic acids is 1. The van der Waals surface area contributed by atoms with Crippen LogP contribution in [0.3, 0.4) is 0 Å². The molecule has 2 aromatic heterocycles. The zero-order valence-electron chi connectivity index (χ0n) is 8.39. The van der Waals surface area contributed by atoms with Gasteiger partial charge >= 0.3 is 0 Å². The van der Waals surface area contributed by atoms with E-state index < -0.39 is 5.91 Å². The number of rotatable bonds is 2. The van der Waals surface area contributed by atoms with E-state index >= 15 is 0 Å². The predicted molar refractivity (Wildman–Crippen MR) is 64.2 cm³/mol. The number of hydrogen-bond acceptors (Lipinski definition) is 4. The Kier molecular flexibility index (Phi) is 3.51. The van der Waals surface area contributed by atoms with Crippen LogP contribution < -0.4 is 5.32 Å². The van der Waals surface area contributed by atoms with Crippen LogP contribution >= 0.6 is 23.2 Å². The van der Waals surface area contributed by atoms with Crippen molar-refractivity contribution in [1.82, 2.24) is 15.0 Å². The number of halogens is 2. The number of nitrogens with zero attached hydrogens (tertiary/aromatic N) is 3. The quantitative estimate of drug-likeness (QED) is 0.850. The van der Waals surface area contributed by atoms with Crippen LogP contribution in [0.2, 0.25) is 10.3 Å². The molecular weight excluding hydrogens is 263 g/mol. The highest BCUT2D eigenvalue weighted by molar-refractivity contribution is 6.29. The lowest BCUT2D eigenvalue weighted by atomic mass is 10.4. The first-order valence-corrected chi connectivity index (χ1v) is 5.32. The van der Waals surface area contributed by atoms with Gasteiger partial charge in [0.25, 0.3) is 5.91 Å². The van der Waals surface area contributed by atoms with Gasteiger partial charge in [-0.1, -0.05) is 29.3 Å². The smallest absolute Gasteiger partial charge is 0.277 e. The fraction of sp³-hybridized carbons (Fsp3) is 0. The summed E-state index contributed by atoms with van der Waals surface area (Å²) in [6.07, 6.45) is 2.57. The lowest BCUT2D eigenvalue weighted by molar-refractivity contribution is 0.102. The van der Waals surface area contributed by atoms with Crippen LogP contribution in [0.25, 0.3) is 0 Å². The van der Waals surface area contributed by atoms with Gasteiger partial charge in [0.1, 0.15) is 21.8 Å². The number of anilines is 1. The van der Waals surface area contributed by atoms with Gasteiger partial charge in [-0.3, -0.25) is 4.79 Å². The second kappa shape index (κ2) is 5.07. The molecule has 0 radical (unpaired) electrons. The molecule has 0 saturated carbocycles. The van der Waals surface area contributed by atoms with Crippen molar-refractivity contribution in [2.45, 2.75) is 0 Å². The Morgan fingerprint density at radius 2 is 1.94 bits per heavy atom. The summed E-state index contributed by atoms with van der Waals surface area (Å²) in [6.45, 7) is 0. The van der Waals surface area contributed by atoms with Crippen LogP contribution in [0, 0.1) is 0 Å². The van der Waals surface area contributed by atoms with Gasteiger partial charge in [-0.25, -0.2) is 15.0 Å². The monoisotopic (exact) mass is 268 g/mol. The molecule has 0 aliphatic carbocycles. The van der Waals surface area contributed by atoms with Crippen molar-refractivity contribution in [2.24, 2.45) is 0 Å². The highest BCUT2D eigenvalue weighted by Crippen LogP contribution is 2.10. The highest BCUT2D eigenvalue weighted by Gasteiger charge is 2.08. The van der Waals surface area contributed by atoms with Crippen molar-refractivity contribution in [3.05, 3.63) is 46.6 Å². The molecule has 0 bridgehead atoms. The van der Waals surface area contributed by atoms with Gasteiger partial charge in [-0.2, -0.15) is 0 Å². The van der Waals surface area contributed by atoms with Crippen LogP contribution in [-0.2, 0) is 0 Å². The van der Waals surface area contributed by atoms with E-state index in [1.165, 1.54) is 12.4 Å². The van der Waals surface area contributed by atoms with Gasteiger partial charge in [0, 0.05) is 0 Å². The average molecular weight is 269 g/mol. The van der Waals surface area contributed by atoms with Gasteiger partial charge in [-0.05, 0) is 12.1 Å². The average Bonchev–Trinajstić information content (AvgIpc) is 2.29. The largest absolute Gasteiger partial charge is 0.305 e. The molecule has 17 heavy (non-hydrogen) atoms. The van der Waals surface area contributed by atoms with E-state index in [1.54, 1.807) is 18.2 Å². The standard InChI is InChI=1S/C10H6Cl2N4O/c11-7-2-1-3-9(15-7)16-10(17)6-4-14-8(12)5-13-6/h1-5H,(H,15,16,17). The molecule has 0 aromatic carbocycles. The summed E-state index contributed by atoms with van der Waals surface area (Å²) in [5, 5.41) is 3.06. The number of hydrogen-bond donors (Lipinski definition) is 1. The van der Waals surface area contributed by atoms with E-state index in [9.17, 15) is 4.79 Å². The van der Waals surface area contributed by atoms with E-state index in [-0.39, 0.29) is 10.8 Å². The fourth-order valence-electron chi connectivity index (χ4n) is 1.09. The lowest BCUT2D eigenvalue weighted by Crippen LogP contribution is -2.14. The minimum Gasteiger partial charge on any atom is -0.305 e. The Labute approximate surface area is 107 Å². The van der Waals surface area contributed by atoms with Crippen molar-refractivity contribution in [2.75, 3.05) is 5.32 Å². The molecule has 2 heterocycles. The first-order chi connectivity index (χ1) is 8.15. The molecule has 0 unspecified atom stereocenters. The van der Waals surface area contributed by atoms with E-state index in [2.05, 4.69) is 20.3 Å². The summed E-state index contributed by atoms with van der Waals surface area (Å²) in [5.41, 5.74) is 0.149. The molecule has 2 aromatic rings. The summed E-state index contributed by atoms with van der Waals surface area (Å²) in [4.78, 5) is 23.2. The fourth-order valence-corrected chi connectivity index (χ4v) is 1.35. The van der Waals surface area contributed by atoms with Crippen molar-refractivity contribution in [1.29, 1.82) is 0 Å². The Morgan fingerprint density at radius 1 is 1.12 bits per heavy atom. The predicted octanol–water partition coefficient (Wildman–Crippen LogP) is 2.43. The third-order valence-electron chi connectivity index (χ3n) is 1.81. The number of aromatic nitrogens is 3. The zero-order valence-corrected chi connectivity index (χ0v) is 9.90. The molecule has 0 spiro atoms. The number of nitrogens with one attached hydrogen (secondary N) is 1. The Hall–Kier alpha value is -1.72.